The van der Waals surface area contributed by atoms with Crippen molar-refractivity contribution in [3.63, 3.8) is 0 Å². The fraction of sp³-hybridized carbons (Fsp3) is 0.500. The molecule has 2 aromatic rings. The zero-order valence-corrected chi connectivity index (χ0v) is 19.1. The van der Waals surface area contributed by atoms with E-state index in [9.17, 15) is 4.39 Å². The Morgan fingerprint density at radius 1 is 1.07 bits per heavy atom. The lowest BCUT2D eigenvalue weighted by Gasteiger charge is -2.34. The number of aryl methyl sites for hydroxylation is 1. The third-order valence-corrected chi connectivity index (χ3v) is 10.6. The van der Waals surface area contributed by atoms with E-state index in [1.807, 2.05) is 12.1 Å². The summed E-state index contributed by atoms with van der Waals surface area (Å²) in [7, 11) is -0.207. The van der Waals surface area contributed by atoms with Crippen molar-refractivity contribution in [2.24, 2.45) is 0 Å². The lowest BCUT2D eigenvalue weighted by molar-refractivity contribution is 0.172. The van der Waals surface area contributed by atoms with Gasteiger partial charge in [0.25, 0.3) is 0 Å². The van der Waals surface area contributed by atoms with Crippen LogP contribution in [0, 0.1) is 5.82 Å². The maximum atomic E-state index is 13.1. The SMILES string of the molecule is CC[Si](CC)(CC)OC(CCCc1ccc(F)cc1)c1c(Cl)cncc1OC. The van der Waals surface area contributed by atoms with Crippen molar-refractivity contribution in [1.82, 2.24) is 4.98 Å². The highest BCUT2D eigenvalue weighted by Gasteiger charge is 2.34. The second-order valence-corrected chi connectivity index (χ2v) is 12.2. The Kier molecular flexibility index (Phi) is 8.92. The highest BCUT2D eigenvalue weighted by molar-refractivity contribution is 6.73. The molecule has 0 aliphatic rings. The number of rotatable bonds is 11. The van der Waals surface area contributed by atoms with Gasteiger partial charge < -0.3 is 9.16 Å². The maximum Gasteiger partial charge on any atom is 0.192 e. The number of halogens is 2. The predicted molar refractivity (Wildman–Crippen MR) is 116 cm³/mol. The molecule has 0 N–H and O–H groups in total. The number of methoxy groups -OCH3 is 1. The number of aromatic nitrogens is 1. The van der Waals surface area contributed by atoms with Crippen LogP contribution in [0.25, 0.3) is 0 Å². The van der Waals surface area contributed by atoms with E-state index < -0.39 is 8.32 Å². The molecule has 0 radical (unpaired) electrons. The number of benzene rings is 1. The Labute approximate surface area is 174 Å². The van der Waals surface area contributed by atoms with Gasteiger partial charge in [0.15, 0.2) is 8.32 Å². The van der Waals surface area contributed by atoms with Crippen molar-refractivity contribution in [3.8, 4) is 5.75 Å². The largest absolute Gasteiger partial charge is 0.495 e. The monoisotopic (exact) mass is 423 g/mol. The average molecular weight is 424 g/mol. The summed E-state index contributed by atoms with van der Waals surface area (Å²) in [5.41, 5.74) is 2.02. The molecule has 0 saturated carbocycles. The Hall–Kier alpha value is -1.43. The van der Waals surface area contributed by atoms with Gasteiger partial charge in [0.1, 0.15) is 11.6 Å². The minimum Gasteiger partial charge on any atom is -0.495 e. The first-order chi connectivity index (χ1) is 13.5. The van der Waals surface area contributed by atoms with Gasteiger partial charge >= 0.3 is 0 Å². The fourth-order valence-corrected chi connectivity index (χ4v) is 6.72. The van der Waals surface area contributed by atoms with E-state index in [1.54, 1.807) is 19.5 Å². The summed E-state index contributed by atoms with van der Waals surface area (Å²) in [6.45, 7) is 6.67. The molecule has 0 spiro atoms. The minimum atomic E-state index is -1.84. The van der Waals surface area contributed by atoms with Gasteiger partial charge in [0, 0.05) is 11.8 Å². The summed E-state index contributed by atoms with van der Waals surface area (Å²) in [6, 6.07) is 9.91. The van der Waals surface area contributed by atoms with Crippen LogP contribution < -0.4 is 4.74 Å². The number of nitrogens with zero attached hydrogens (tertiary/aromatic N) is 1. The lowest BCUT2D eigenvalue weighted by Crippen LogP contribution is -2.37. The summed E-state index contributed by atoms with van der Waals surface area (Å²) >= 11 is 6.53. The fourth-order valence-electron chi connectivity index (χ4n) is 3.61. The average Bonchev–Trinajstić information content (AvgIpc) is 2.72. The Morgan fingerprint density at radius 3 is 2.29 bits per heavy atom. The highest BCUT2D eigenvalue weighted by Crippen LogP contribution is 2.40. The van der Waals surface area contributed by atoms with Crippen molar-refractivity contribution in [2.75, 3.05) is 7.11 Å². The molecule has 1 atom stereocenters. The topological polar surface area (TPSA) is 31.4 Å². The highest BCUT2D eigenvalue weighted by atomic mass is 35.5. The summed E-state index contributed by atoms with van der Waals surface area (Å²) in [5.74, 6) is 0.466. The maximum absolute atomic E-state index is 13.1. The number of pyridine rings is 1. The van der Waals surface area contributed by atoms with Gasteiger partial charge in [-0.3, -0.25) is 4.98 Å². The van der Waals surface area contributed by atoms with E-state index in [-0.39, 0.29) is 11.9 Å². The minimum absolute atomic E-state index is 0.127. The summed E-state index contributed by atoms with van der Waals surface area (Å²) in [6.07, 6.45) is 5.83. The van der Waals surface area contributed by atoms with Crippen LogP contribution in [0.5, 0.6) is 5.75 Å². The first kappa shape index (κ1) is 22.9. The molecule has 0 amide bonds. The molecular weight excluding hydrogens is 393 g/mol. The molecule has 28 heavy (non-hydrogen) atoms. The van der Waals surface area contributed by atoms with Gasteiger partial charge in [0.05, 0.1) is 24.4 Å². The van der Waals surface area contributed by atoms with Crippen LogP contribution in [0.1, 0.15) is 50.8 Å². The zero-order valence-electron chi connectivity index (χ0n) is 17.3. The molecule has 0 aliphatic carbocycles. The molecule has 1 aromatic carbocycles. The van der Waals surface area contributed by atoms with Gasteiger partial charge in [-0.2, -0.15) is 0 Å². The summed E-state index contributed by atoms with van der Waals surface area (Å²) in [4.78, 5) is 4.15. The standard InChI is InChI=1S/C22H31ClFNO2Si/c1-5-28(6-2,7-3)27-20(22-19(23)15-25-16-21(22)26-4)10-8-9-17-11-13-18(24)14-12-17/h11-16,20H,5-10H2,1-4H3. The molecule has 0 bridgehead atoms. The van der Waals surface area contributed by atoms with Crippen LogP contribution in [0.4, 0.5) is 4.39 Å². The van der Waals surface area contributed by atoms with Crippen LogP contribution in [0.2, 0.25) is 23.2 Å². The van der Waals surface area contributed by atoms with Crippen molar-refractivity contribution < 1.29 is 13.6 Å². The zero-order chi connectivity index (χ0) is 20.6. The summed E-state index contributed by atoms with van der Waals surface area (Å²) < 4.78 is 25.5. The van der Waals surface area contributed by atoms with Crippen LogP contribution in [0.3, 0.4) is 0 Å². The third-order valence-electron chi connectivity index (χ3n) is 5.61. The Balaban J connectivity index is 2.24. The van der Waals surface area contributed by atoms with Crippen molar-refractivity contribution in [3.05, 3.63) is 58.6 Å². The molecule has 1 heterocycles. The van der Waals surface area contributed by atoms with Gasteiger partial charge in [-0.1, -0.05) is 44.5 Å². The molecule has 0 fully saturated rings. The van der Waals surface area contributed by atoms with Crippen molar-refractivity contribution in [1.29, 1.82) is 0 Å². The van der Waals surface area contributed by atoms with Crippen molar-refractivity contribution in [2.45, 2.75) is 64.3 Å². The molecule has 3 nitrogen and oxygen atoms in total. The number of hydrogen-bond acceptors (Lipinski definition) is 3. The molecule has 1 aromatic heterocycles. The van der Waals surface area contributed by atoms with E-state index in [4.69, 9.17) is 20.8 Å². The van der Waals surface area contributed by atoms with Gasteiger partial charge in [-0.15, -0.1) is 0 Å². The molecule has 6 heteroatoms. The van der Waals surface area contributed by atoms with Crippen LogP contribution in [-0.4, -0.2) is 20.4 Å². The quantitative estimate of drug-likeness (QED) is 0.365. The molecule has 0 saturated heterocycles. The molecule has 0 aliphatic heterocycles. The van der Waals surface area contributed by atoms with Crippen LogP contribution >= 0.6 is 11.6 Å². The second kappa shape index (κ2) is 10.9. The van der Waals surface area contributed by atoms with Gasteiger partial charge in [0.2, 0.25) is 0 Å². The molecule has 1 unspecified atom stereocenters. The molecule has 154 valence electrons. The normalized spacial score (nSPS) is 12.8. The van der Waals surface area contributed by atoms with E-state index in [0.29, 0.717) is 10.8 Å². The first-order valence-electron chi connectivity index (χ1n) is 10.1. The summed E-state index contributed by atoms with van der Waals surface area (Å²) in [5, 5.41) is 0.581. The molecular formula is C22H31ClFNO2Si. The van der Waals surface area contributed by atoms with E-state index in [2.05, 4.69) is 25.8 Å². The lowest BCUT2D eigenvalue weighted by atomic mass is 10.0. The van der Waals surface area contributed by atoms with Crippen LogP contribution in [0.15, 0.2) is 36.7 Å². The van der Waals surface area contributed by atoms with E-state index in [0.717, 1.165) is 48.5 Å². The van der Waals surface area contributed by atoms with Gasteiger partial charge in [-0.25, -0.2) is 4.39 Å². The Morgan fingerprint density at radius 2 is 1.71 bits per heavy atom. The van der Waals surface area contributed by atoms with E-state index >= 15 is 0 Å². The Bertz CT molecular complexity index is 730. The van der Waals surface area contributed by atoms with Crippen LogP contribution in [-0.2, 0) is 10.8 Å². The van der Waals surface area contributed by atoms with E-state index in [1.165, 1.54) is 12.1 Å². The van der Waals surface area contributed by atoms with Gasteiger partial charge in [-0.05, 0) is 55.1 Å². The third kappa shape index (κ3) is 5.78. The predicted octanol–water partition coefficient (Wildman–Crippen LogP) is 6.97. The number of ether oxygens (including phenoxy) is 1. The molecule has 2 rings (SSSR count). The van der Waals surface area contributed by atoms with Crippen molar-refractivity contribution >= 4 is 19.9 Å². The second-order valence-electron chi connectivity index (χ2n) is 7.11. The first-order valence-corrected chi connectivity index (χ1v) is 13.0. The smallest absolute Gasteiger partial charge is 0.192 e. The number of hydrogen-bond donors (Lipinski definition) is 0.